The number of unbranched alkanes of at least 4 members (excludes halogenated alkanes) is 2. The van der Waals surface area contributed by atoms with E-state index in [0.29, 0.717) is 18.4 Å². The van der Waals surface area contributed by atoms with E-state index in [1.165, 1.54) is 0 Å². The van der Waals surface area contributed by atoms with Gasteiger partial charge in [-0.3, -0.25) is 0 Å². The molecule has 0 amide bonds. The van der Waals surface area contributed by atoms with Gasteiger partial charge in [0.1, 0.15) is 0 Å². The molecular formula is C11H20N4O. The van der Waals surface area contributed by atoms with E-state index >= 15 is 0 Å². The Morgan fingerprint density at radius 2 is 2.25 bits per heavy atom. The van der Waals surface area contributed by atoms with Crippen molar-refractivity contribution in [2.75, 3.05) is 25.0 Å². The van der Waals surface area contributed by atoms with Gasteiger partial charge in [0, 0.05) is 18.8 Å². The van der Waals surface area contributed by atoms with Gasteiger partial charge < -0.3 is 15.8 Å². The van der Waals surface area contributed by atoms with Crippen molar-refractivity contribution in [1.29, 1.82) is 0 Å². The maximum absolute atomic E-state index is 5.41. The zero-order valence-electron chi connectivity index (χ0n) is 9.78. The Morgan fingerprint density at radius 1 is 1.38 bits per heavy atom. The summed E-state index contributed by atoms with van der Waals surface area (Å²) in [6.45, 7) is 4.18. The highest BCUT2D eigenvalue weighted by atomic mass is 16.5. The molecule has 0 spiro atoms. The van der Waals surface area contributed by atoms with Crippen LogP contribution in [0.2, 0.25) is 0 Å². The van der Waals surface area contributed by atoms with Gasteiger partial charge in [-0.05, 0) is 26.3 Å². The van der Waals surface area contributed by atoms with Crippen LogP contribution in [0.3, 0.4) is 0 Å². The molecule has 0 aliphatic carbocycles. The van der Waals surface area contributed by atoms with Crippen molar-refractivity contribution in [3.63, 3.8) is 0 Å². The van der Waals surface area contributed by atoms with Crippen molar-refractivity contribution in [2.24, 2.45) is 5.73 Å². The molecule has 0 aliphatic heterocycles. The van der Waals surface area contributed by atoms with Crippen LogP contribution in [0.25, 0.3) is 0 Å². The van der Waals surface area contributed by atoms with E-state index in [4.69, 9.17) is 10.5 Å². The molecule has 5 nitrogen and oxygen atoms in total. The predicted molar refractivity (Wildman–Crippen MR) is 64.6 cm³/mol. The van der Waals surface area contributed by atoms with Crippen LogP contribution in [0.5, 0.6) is 5.88 Å². The molecule has 0 aliphatic rings. The fourth-order valence-corrected chi connectivity index (χ4v) is 1.30. The number of nitrogens with two attached hydrogens (primary N) is 1. The van der Waals surface area contributed by atoms with Crippen LogP contribution in [0.1, 0.15) is 26.2 Å². The first kappa shape index (κ1) is 12.7. The maximum atomic E-state index is 5.41. The second-order valence-electron chi connectivity index (χ2n) is 3.43. The summed E-state index contributed by atoms with van der Waals surface area (Å²) in [5.74, 6) is 1.24. The van der Waals surface area contributed by atoms with Crippen LogP contribution >= 0.6 is 0 Å². The van der Waals surface area contributed by atoms with Crippen LogP contribution in [-0.2, 0) is 0 Å². The minimum atomic E-state index is 0.613. The SMILES string of the molecule is CCOc1ccnc(NCCCCCN)n1. The summed E-state index contributed by atoms with van der Waals surface area (Å²) in [7, 11) is 0. The molecule has 3 N–H and O–H groups in total. The molecule has 1 aromatic heterocycles. The lowest BCUT2D eigenvalue weighted by Crippen LogP contribution is -2.07. The van der Waals surface area contributed by atoms with Gasteiger partial charge in [0.25, 0.3) is 0 Å². The summed E-state index contributed by atoms with van der Waals surface area (Å²) in [5, 5.41) is 3.16. The maximum Gasteiger partial charge on any atom is 0.225 e. The van der Waals surface area contributed by atoms with Crippen molar-refractivity contribution in [1.82, 2.24) is 9.97 Å². The second-order valence-corrected chi connectivity index (χ2v) is 3.43. The number of nitrogens with zero attached hydrogens (tertiary/aromatic N) is 2. The third-order valence-corrected chi connectivity index (χ3v) is 2.09. The summed E-state index contributed by atoms with van der Waals surface area (Å²) in [6, 6.07) is 1.75. The number of ether oxygens (including phenoxy) is 1. The third kappa shape index (κ3) is 4.93. The second kappa shape index (κ2) is 7.87. The molecule has 0 saturated carbocycles. The highest BCUT2D eigenvalue weighted by Gasteiger charge is 1.98. The minimum Gasteiger partial charge on any atom is -0.478 e. The van der Waals surface area contributed by atoms with E-state index in [0.717, 1.165) is 32.4 Å². The Balaban J connectivity index is 2.27. The molecule has 0 aromatic carbocycles. The lowest BCUT2D eigenvalue weighted by molar-refractivity contribution is 0.326. The summed E-state index contributed by atoms with van der Waals surface area (Å²) >= 11 is 0. The Morgan fingerprint density at radius 3 is 3.00 bits per heavy atom. The Bertz CT molecular complexity index is 293. The van der Waals surface area contributed by atoms with Gasteiger partial charge in [0.2, 0.25) is 11.8 Å². The van der Waals surface area contributed by atoms with Crippen LogP contribution in [0.4, 0.5) is 5.95 Å². The largest absolute Gasteiger partial charge is 0.478 e. The molecule has 0 radical (unpaired) electrons. The van der Waals surface area contributed by atoms with Gasteiger partial charge in [0.05, 0.1) is 6.61 Å². The fraction of sp³-hybridized carbons (Fsp3) is 0.636. The topological polar surface area (TPSA) is 73.1 Å². The van der Waals surface area contributed by atoms with E-state index in [9.17, 15) is 0 Å². The van der Waals surface area contributed by atoms with Crippen LogP contribution in [-0.4, -0.2) is 29.7 Å². The monoisotopic (exact) mass is 224 g/mol. The van der Waals surface area contributed by atoms with Crippen molar-refractivity contribution < 1.29 is 4.74 Å². The number of anilines is 1. The first-order valence-corrected chi connectivity index (χ1v) is 5.76. The summed E-state index contributed by atoms with van der Waals surface area (Å²) in [5.41, 5.74) is 5.41. The molecule has 0 fully saturated rings. The molecule has 90 valence electrons. The van der Waals surface area contributed by atoms with Gasteiger partial charge in [-0.2, -0.15) is 4.98 Å². The van der Waals surface area contributed by atoms with Gasteiger partial charge in [-0.15, -0.1) is 0 Å². The van der Waals surface area contributed by atoms with Gasteiger partial charge in [-0.25, -0.2) is 4.98 Å². The number of hydrogen-bond donors (Lipinski definition) is 2. The third-order valence-electron chi connectivity index (χ3n) is 2.09. The summed E-state index contributed by atoms with van der Waals surface area (Å²) in [4.78, 5) is 8.32. The molecule has 5 heteroatoms. The minimum absolute atomic E-state index is 0.613. The van der Waals surface area contributed by atoms with Gasteiger partial charge >= 0.3 is 0 Å². The Kier molecular flexibility index (Phi) is 6.25. The standard InChI is InChI=1S/C11H20N4O/c1-2-16-10-6-9-14-11(15-10)13-8-5-3-4-7-12/h6,9H,2-5,7-8,12H2,1H3,(H,13,14,15). The van der Waals surface area contributed by atoms with E-state index in [2.05, 4.69) is 15.3 Å². The number of nitrogens with one attached hydrogen (secondary N) is 1. The molecule has 1 rings (SSSR count). The zero-order valence-corrected chi connectivity index (χ0v) is 9.78. The van der Waals surface area contributed by atoms with Crippen LogP contribution < -0.4 is 15.8 Å². The molecule has 0 atom stereocenters. The summed E-state index contributed by atoms with van der Waals surface area (Å²) in [6.07, 6.45) is 4.98. The van der Waals surface area contributed by atoms with E-state index in [-0.39, 0.29) is 0 Å². The van der Waals surface area contributed by atoms with E-state index in [1.807, 2.05) is 6.92 Å². The number of hydrogen-bond acceptors (Lipinski definition) is 5. The van der Waals surface area contributed by atoms with Gasteiger partial charge in [-0.1, -0.05) is 6.42 Å². The first-order valence-electron chi connectivity index (χ1n) is 5.76. The predicted octanol–water partition coefficient (Wildman–Crippen LogP) is 1.42. The van der Waals surface area contributed by atoms with Gasteiger partial charge in [0.15, 0.2) is 0 Å². The average Bonchev–Trinajstić information content (AvgIpc) is 2.30. The van der Waals surface area contributed by atoms with Crippen LogP contribution in [0.15, 0.2) is 12.3 Å². The molecule has 1 aromatic rings. The fourth-order valence-electron chi connectivity index (χ4n) is 1.30. The van der Waals surface area contributed by atoms with E-state index in [1.54, 1.807) is 12.3 Å². The Hall–Kier alpha value is -1.36. The van der Waals surface area contributed by atoms with Crippen molar-refractivity contribution in [3.8, 4) is 5.88 Å². The number of rotatable bonds is 8. The Labute approximate surface area is 96.4 Å². The summed E-state index contributed by atoms with van der Waals surface area (Å²) < 4.78 is 5.28. The zero-order chi connectivity index (χ0) is 11.6. The molecule has 16 heavy (non-hydrogen) atoms. The lowest BCUT2D eigenvalue weighted by atomic mass is 10.2. The normalized spacial score (nSPS) is 10.1. The quantitative estimate of drug-likeness (QED) is 0.653. The molecule has 0 bridgehead atoms. The molecule has 0 unspecified atom stereocenters. The lowest BCUT2D eigenvalue weighted by Gasteiger charge is -2.06. The highest BCUT2D eigenvalue weighted by molar-refractivity contribution is 5.27. The first-order chi connectivity index (χ1) is 7.86. The van der Waals surface area contributed by atoms with E-state index < -0.39 is 0 Å². The number of aromatic nitrogens is 2. The van der Waals surface area contributed by atoms with Crippen LogP contribution in [0, 0.1) is 0 Å². The molecule has 0 saturated heterocycles. The van der Waals surface area contributed by atoms with Crippen molar-refractivity contribution in [3.05, 3.63) is 12.3 Å². The molecule has 1 heterocycles. The highest BCUT2D eigenvalue weighted by Crippen LogP contribution is 2.08. The average molecular weight is 224 g/mol. The van der Waals surface area contributed by atoms with Crippen molar-refractivity contribution >= 4 is 5.95 Å². The molecular weight excluding hydrogens is 204 g/mol. The smallest absolute Gasteiger partial charge is 0.225 e. The van der Waals surface area contributed by atoms with Crippen molar-refractivity contribution in [2.45, 2.75) is 26.2 Å².